The molecule has 0 amide bonds. The molecule has 30 nitrogen and oxygen atoms in total. The number of carbonyl (C=O) groups excluding carboxylic acids is 5. The molecule has 10 aliphatic carbocycles. The number of hydrogen-bond acceptors (Lipinski definition) is 25. The van der Waals surface area contributed by atoms with Gasteiger partial charge in [0.25, 0.3) is 0 Å². The molecule has 0 bridgehead atoms. The zero-order valence-electron chi connectivity index (χ0n) is 88.6. The maximum Gasteiger partial charge on any atom is 0.341 e. The van der Waals surface area contributed by atoms with Crippen LogP contribution < -0.4 is 23.7 Å². The number of unbranched alkanes of at least 4 members (excludes halogenated alkanes) is 1. The maximum atomic E-state index is 12.4. The Balaban J connectivity index is 0.000000176. The first kappa shape index (κ1) is 118. The van der Waals surface area contributed by atoms with E-state index in [0.29, 0.717) is 120 Å². The molecule has 10 N–H and O–H groups in total. The third-order valence-electron chi connectivity index (χ3n) is 33.3. The van der Waals surface area contributed by atoms with Gasteiger partial charge < -0.3 is 98.4 Å². The van der Waals surface area contributed by atoms with E-state index >= 15 is 0 Å². The van der Waals surface area contributed by atoms with Gasteiger partial charge in [-0.3, -0.25) is 24.0 Å². The zero-order valence-corrected chi connectivity index (χ0v) is 88.6. The van der Waals surface area contributed by atoms with E-state index in [2.05, 4.69) is 37.3 Å². The fourth-order valence-electron chi connectivity index (χ4n) is 25.6. The SMILES string of the molecule is CCC(=O)O[C@@H]1C[C@@H]2Cc3c(cccc3OCC(=O)O)C[C@@H]2[C@H]1CC[C@@H](O)CC.CCC(=O)O[C@@H]1C[C@@H]2Cc3c(cccc3OCC(=O)O)C[C@@H]2[C@H]1CC[C@@H](O)CC.CCC(=O)O[C@@H]1C[C@@H]2Cc3c(cccc3OCC(=O)O)C[C@@H]2[C@H]1CC[C@@H](O)CC.CCCC(=O)O[C@@H]1C[C@@H]2Cc3c(cccc3OCC(=O)O)C[C@@H]2[C@H]1CC[C@@H](O)CC.CCCCC(=O)O[C@@H]1C[C@@H]2Cc3c(cccc3OCC(=O)O)C[C@@H]2[C@H]1CC[C@@H](O)CC. The van der Waals surface area contributed by atoms with Crippen LogP contribution in [0.5, 0.6) is 28.7 Å². The zero-order chi connectivity index (χ0) is 107. The van der Waals surface area contributed by atoms with Gasteiger partial charge in [-0.2, -0.15) is 0 Å². The van der Waals surface area contributed by atoms with E-state index in [9.17, 15) is 73.5 Å². The molecule has 30 heteroatoms. The number of carboxylic acids is 5. The lowest BCUT2D eigenvalue weighted by Gasteiger charge is -2.32. The second-order valence-electron chi connectivity index (χ2n) is 42.8. The van der Waals surface area contributed by atoms with Crippen LogP contribution in [0.4, 0.5) is 0 Å². The monoisotopic (exact) mass is 2060 g/mol. The van der Waals surface area contributed by atoms with Crippen molar-refractivity contribution in [2.75, 3.05) is 33.0 Å². The van der Waals surface area contributed by atoms with Crippen molar-refractivity contribution >= 4 is 59.7 Å². The quantitative estimate of drug-likeness (QED) is 0.0128. The van der Waals surface area contributed by atoms with Crippen molar-refractivity contribution in [1.82, 2.24) is 0 Å². The first-order valence-electron chi connectivity index (χ1n) is 55.3. The molecule has 0 heterocycles. The highest BCUT2D eigenvalue weighted by Gasteiger charge is 2.53. The molecule has 25 atom stereocenters. The molecule has 0 spiro atoms. The number of aliphatic hydroxyl groups is 5. The fourth-order valence-corrected chi connectivity index (χ4v) is 25.6. The van der Waals surface area contributed by atoms with Gasteiger partial charge in [0.2, 0.25) is 0 Å². The normalized spacial score (nSPS) is 26.0. The second-order valence-corrected chi connectivity index (χ2v) is 42.8. The van der Waals surface area contributed by atoms with Crippen molar-refractivity contribution in [1.29, 1.82) is 0 Å². The number of carboxylic acid groups (broad SMARTS) is 5. The number of benzene rings is 5. The lowest BCUT2D eigenvalue weighted by molar-refractivity contribution is -0.152. The van der Waals surface area contributed by atoms with Crippen LogP contribution in [0, 0.1) is 88.8 Å². The Kier molecular flexibility index (Phi) is 46.4. The van der Waals surface area contributed by atoms with Crippen LogP contribution in [0.25, 0.3) is 0 Å². The predicted octanol–water partition coefficient (Wildman–Crippen LogP) is 18.0. The van der Waals surface area contributed by atoms with E-state index in [1.54, 1.807) is 0 Å². The van der Waals surface area contributed by atoms with Gasteiger partial charge >= 0.3 is 59.7 Å². The topological polar surface area (TPSA) is 465 Å². The molecular weight excluding hydrogens is 1900 g/mol. The summed E-state index contributed by atoms with van der Waals surface area (Å²) in [5.74, 6) is 2.62. The highest BCUT2D eigenvalue weighted by Crippen LogP contribution is 2.56. The molecule has 10 aliphatic rings. The van der Waals surface area contributed by atoms with Crippen LogP contribution in [0.3, 0.4) is 0 Å². The van der Waals surface area contributed by atoms with Gasteiger partial charge in [0.05, 0.1) is 30.5 Å². The van der Waals surface area contributed by atoms with Crippen molar-refractivity contribution in [2.45, 2.75) is 374 Å². The van der Waals surface area contributed by atoms with E-state index in [4.69, 9.17) is 72.9 Å². The Hall–Kier alpha value is -10.4. The first-order valence-corrected chi connectivity index (χ1v) is 55.3. The minimum absolute atomic E-state index is 0.110. The molecule has 148 heavy (non-hydrogen) atoms. The molecule has 0 aromatic heterocycles. The number of esters is 5. The Morgan fingerprint density at radius 1 is 0.264 bits per heavy atom. The third-order valence-corrected chi connectivity index (χ3v) is 33.3. The number of aliphatic carboxylic acids is 5. The molecule has 818 valence electrons. The van der Waals surface area contributed by atoms with E-state index < -0.39 is 29.8 Å². The standard InChI is InChI=1S/C25H36O6.C24H34O6.3C23H32O6/c1-3-5-9-25(29)31-23-14-17-13-21-16(7-6-8-22(21)30-15-24(27)28)12-20(17)19(23)11-10-18(26)4-2;1-3-6-24(28)30-22-13-16-12-20-15(7-5-8-21(20)29-14-23(26)27)11-19(16)18(22)10-9-17(25)4-2;3*1-3-16(24)8-9-17-18-10-14-6-5-7-20(28-13-22(25)26)19(14)11-15(18)12-21(17)29-23(27)4-2/h6-8,17-20,23,26H,3-5,9-15H2,1-2H3,(H,27,28);5,7-8,16-19,22,25H,3-4,6,9-14H2,1-2H3,(H,26,27);3*5-7,15-18,21,24H,3-4,8-13H2,1-2H3,(H,25,26)/t17-,18-,19+,20-,23+;16-,17-,18+,19-,22+;3*15-,16-,17+,18-,21+/m00000/s1. The second kappa shape index (κ2) is 58.3. The molecule has 0 unspecified atom stereocenters. The average molecular weight is 2060 g/mol. The number of hydrogen-bond donors (Lipinski definition) is 10. The van der Waals surface area contributed by atoms with Crippen molar-refractivity contribution in [3.8, 4) is 28.7 Å². The van der Waals surface area contributed by atoms with Crippen LogP contribution in [-0.2, 0) is 136 Å². The van der Waals surface area contributed by atoms with Gasteiger partial charge in [0.15, 0.2) is 33.0 Å². The van der Waals surface area contributed by atoms with Crippen LogP contribution in [0.1, 0.15) is 305 Å². The summed E-state index contributed by atoms with van der Waals surface area (Å²) in [6.07, 6.45) is 26.4. The molecule has 0 radical (unpaired) electrons. The summed E-state index contributed by atoms with van der Waals surface area (Å²) in [4.78, 5) is 115. The van der Waals surface area contributed by atoms with Gasteiger partial charge in [-0.05, 0) is 380 Å². The first-order chi connectivity index (χ1) is 71.1. The number of fused-ring (bicyclic) bond motifs is 10. The summed E-state index contributed by atoms with van der Waals surface area (Å²) in [6.45, 7) is 17.6. The summed E-state index contributed by atoms with van der Waals surface area (Å²) in [5.41, 5.74) is 11.4. The molecule has 5 aromatic rings. The van der Waals surface area contributed by atoms with Crippen LogP contribution >= 0.6 is 0 Å². The van der Waals surface area contributed by atoms with Crippen molar-refractivity contribution in [2.24, 2.45) is 88.8 Å². The lowest BCUT2D eigenvalue weighted by atomic mass is 9.73. The Morgan fingerprint density at radius 3 is 0.635 bits per heavy atom. The van der Waals surface area contributed by atoms with E-state index in [-0.39, 0.29) is 154 Å². The van der Waals surface area contributed by atoms with Gasteiger partial charge in [-0.25, -0.2) is 24.0 Å². The fraction of sp³-hybridized carbons (Fsp3) is 0.661. The van der Waals surface area contributed by atoms with E-state index in [1.165, 1.54) is 27.8 Å². The summed E-state index contributed by atoms with van der Waals surface area (Å²) in [5, 5.41) is 95.1. The molecule has 15 rings (SSSR count). The summed E-state index contributed by atoms with van der Waals surface area (Å²) in [6, 6.07) is 29.2. The smallest absolute Gasteiger partial charge is 0.341 e. The molecular formula is C118H166O30. The number of aliphatic hydroxyl groups excluding tert-OH is 5. The minimum Gasteiger partial charge on any atom is -0.482 e. The van der Waals surface area contributed by atoms with E-state index in [0.717, 1.165) is 240 Å². The van der Waals surface area contributed by atoms with Gasteiger partial charge in [-0.1, -0.05) is 136 Å². The Morgan fingerprint density at radius 2 is 0.459 bits per heavy atom. The minimum atomic E-state index is -0.988. The maximum absolute atomic E-state index is 12.4. The molecule has 5 fully saturated rings. The molecule has 0 aliphatic heterocycles. The molecule has 0 saturated heterocycles. The molecule has 5 saturated carbocycles. The Bertz CT molecular complexity index is 4850. The number of rotatable bonds is 48. The van der Waals surface area contributed by atoms with Gasteiger partial charge in [0, 0.05) is 32.1 Å². The van der Waals surface area contributed by atoms with Crippen molar-refractivity contribution in [3.63, 3.8) is 0 Å². The van der Waals surface area contributed by atoms with Crippen LogP contribution in [-0.4, -0.2) is 205 Å². The third kappa shape index (κ3) is 33.1. The highest BCUT2D eigenvalue weighted by molar-refractivity contribution is 5.73. The predicted molar refractivity (Wildman–Crippen MR) is 553 cm³/mol. The summed E-state index contributed by atoms with van der Waals surface area (Å²) >= 11 is 0. The number of carbonyl (C=O) groups is 10. The van der Waals surface area contributed by atoms with Gasteiger partial charge in [0.1, 0.15) is 59.3 Å². The van der Waals surface area contributed by atoms with Crippen LogP contribution in [0.15, 0.2) is 91.0 Å². The van der Waals surface area contributed by atoms with Gasteiger partial charge in [-0.15, -0.1) is 0 Å². The molecule has 5 aromatic carbocycles. The lowest BCUT2D eigenvalue weighted by Crippen LogP contribution is -2.29. The largest absolute Gasteiger partial charge is 0.482 e. The summed E-state index contributed by atoms with van der Waals surface area (Å²) in [7, 11) is 0. The number of ether oxygens (including phenoxy) is 10. The summed E-state index contributed by atoms with van der Waals surface area (Å²) < 4.78 is 57.0. The van der Waals surface area contributed by atoms with E-state index in [1.807, 2.05) is 123 Å². The van der Waals surface area contributed by atoms with Crippen molar-refractivity contribution in [3.05, 3.63) is 147 Å². The van der Waals surface area contributed by atoms with Crippen LogP contribution in [0.2, 0.25) is 0 Å². The van der Waals surface area contributed by atoms with Crippen molar-refractivity contribution < 1.29 is 146 Å². The average Bonchev–Trinajstić information content (AvgIpc) is 1.63. The Labute approximate surface area is 872 Å². The highest BCUT2D eigenvalue weighted by atomic mass is 16.6.